The maximum atomic E-state index is 13.9. The molecule has 0 saturated carbocycles. The second kappa shape index (κ2) is 12.0. The molecule has 41 heavy (non-hydrogen) atoms. The van der Waals surface area contributed by atoms with Crippen molar-refractivity contribution in [2.75, 3.05) is 0 Å². The lowest BCUT2D eigenvalue weighted by Crippen LogP contribution is -2.29. The van der Waals surface area contributed by atoms with E-state index in [9.17, 15) is 14.4 Å². The van der Waals surface area contributed by atoms with Crippen molar-refractivity contribution < 1.29 is 28.1 Å². The van der Waals surface area contributed by atoms with Crippen LogP contribution in [0.15, 0.2) is 102 Å². The Morgan fingerprint density at radius 3 is 2.59 bits per heavy atom. The first-order valence-corrected chi connectivity index (χ1v) is 13.0. The Bertz CT molecular complexity index is 1670. The van der Waals surface area contributed by atoms with Gasteiger partial charge < -0.3 is 24.7 Å². The molecule has 4 aromatic rings. The van der Waals surface area contributed by atoms with E-state index in [1.165, 1.54) is 31.2 Å². The van der Waals surface area contributed by atoms with Gasteiger partial charge >= 0.3 is 5.97 Å². The third kappa shape index (κ3) is 6.26. The van der Waals surface area contributed by atoms with Gasteiger partial charge in [0, 0.05) is 16.7 Å². The standard InChI is InChI=1S/C32H24ClFN2O5/c1-19(39-28-8-3-2-7-27(28)34)32(37)40-24-13-14-25-29(16-24)41-31(36)26(17-35)30(25)21-5-4-6-23(15-21)38-18-20-9-11-22(33)12-10-20/h2-16,19,30H,18,36H2,1H3. The van der Waals surface area contributed by atoms with E-state index in [0.717, 1.165) is 11.1 Å². The molecule has 2 N–H and O–H groups in total. The molecular weight excluding hydrogens is 547 g/mol. The normalized spacial score (nSPS) is 14.7. The van der Waals surface area contributed by atoms with E-state index in [0.29, 0.717) is 28.7 Å². The summed E-state index contributed by atoms with van der Waals surface area (Å²) in [5.74, 6) is -0.877. The van der Waals surface area contributed by atoms with Crippen LogP contribution in [0.4, 0.5) is 4.39 Å². The maximum Gasteiger partial charge on any atom is 0.352 e. The Morgan fingerprint density at radius 2 is 1.83 bits per heavy atom. The van der Waals surface area contributed by atoms with Gasteiger partial charge in [0.05, 0.1) is 5.92 Å². The predicted molar refractivity (Wildman–Crippen MR) is 150 cm³/mol. The zero-order valence-electron chi connectivity index (χ0n) is 21.8. The fraction of sp³-hybridized carbons (Fsp3) is 0.125. The number of nitrogens with two attached hydrogens (primary N) is 1. The first-order valence-electron chi connectivity index (χ1n) is 12.6. The van der Waals surface area contributed by atoms with Gasteiger partial charge in [-0.05, 0) is 60.5 Å². The van der Waals surface area contributed by atoms with Gasteiger partial charge in [-0.1, -0.05) is 54.1 Å². The van der Waals surface area contributed by atoms with Crippen molar-refractivity contribution in [1.82, 2.24) is 0 Å². The lowest BCUT2D eigenvalue weighted by Gasteiger charge is -2.27. The Morgan fingerprint density at radius 1 is 1.05 bits per heavy atom. The van der Waals surface area contributed by atoms with Crippen LogP contribution >= 0.6 is 11.6 Å². The second-order valence-corrected chi connectivity index (χ2v) is 9.66. The Kier molecular flexibility index (Phi) is 8.09. The summed E-state index contributed by atoms with van der Waals surface area (Å²) in [5, 5.41) is 10.6. The van der Waals surface area contributed by atoms with Crippen LogP contribution in [-0.4, -0.2) is 12.1 Å². The van der Waals surface area contributed by atoms with E-state index in [4.69, 9.17) is 36.3 Å². The highest BCUT2D eigenvalue weighted by atomic mass is 35.5. The minimum absolute atomic E-state index is 0.0581. The van der Waals surface area contributed by atoms with Gasteiger partial charge in [-0.15, -0.1) is 0 Å². The number of ether oxygens (including phenoxy) is 4. The molecule has 0 bridgehead atoms. The monoisotopic (exact) mass is 570 g/mol. The highest BCUT2D eigenvalue weighted by Crippen LogP contribution is 2.44. The van der Waals surface area contributed by atoms with Crippen LogP contribution in [0.2, 0.25) is 5.02 Å². The molecule has 5 rings (SSSR count). The number of nitriles is 1. The molecule has 0 spiro atoms. The first-order chi connectivity index (χ1) is 19.8. The summed E-state index contributed by atoms with van der Waals surface area (Å²) >= 11 is 5.96. The molecule has 0 aromatic heterocycles. The lowest BCUT2D eigenvalue weighted by molar-refractivity contribution is -0.141. The summed E-state index contributed by atoms with van der Waals surface area (Å²) in [6.45, 7) is 1.80. The zero-order valence-corrected chi connectivity index (χ0v) is 22.6. The van der Waals surface area contributed by atoms with Crippen LogP contribution in [0.1, 0.15) is 29.5 Å². The number of hydrogen-bond donors (Lipinski definition) is 1. The van der Waals surface area contributed by atoms with Crippen molar-refractivity contribution in [2.24, 2.45) is 5.73 Å². The molecule has 0 fully saturated rings. The van der Waals surface area contributed by atoms with Gasteiger partial charge in [0.1, 0.15) is 35.5 Å². The average molecular weight is 571 g/mol. The number of halogens is 2. The number of rotatable bonds is 8. The predicted octanol–water partition coefficient (Wildman–Crippen LogP) is 6.65. The van der Waals surface area contributed by atoms with Crippen molar-refractivity contribution in [3.63, 3.8) is 0 Å². The molecule has 2 unspecified atom stereocenters. The number of para-hydroxylation sites is 1. The summed E-state index contributed by atoms with van der Waals surface area (Å²) in [7, 11) is 0. The summed E-state index contributed by atoms with van der Waals surface area (Å²) in [5.41, 5.74) is 8.76. The van der Waals surface area contributed by atoms with E-state index >= 15 is 0 Å². The quantitative estimate of drug-likeness (QED) is 0.187. The molecule has 206 valence electrons. The number of nitrogens with zero attached hydrogens (tertiary/aromatic N) is 1. The van der Waals surface area contributed by atoms with Crippen LogP contribution in [0.3, 0.4) is 0 Å². The number of fused-ring (bicyclic) bond motifs is 1. The topological polar surface area (TPSA) is 104 Å². The van der Waals surface area contributed by atoms with E-state index in [-0.39, 0.29) is 23.0 Å². The molecule has 1 heterocycles. The minimum atomic E-state index is -1.08. The van der Waals surface area contributed by atoms with Gasteiger partial charge in [-0.3, -0.25) is 0 Å². The van der Waals surface area contributed by atoms with Gasteiger partial charge in [0.2, 0.25) is 5.88 Å². The number of benzene rings is 4. The van der Waals surface area contributed by atoms with Crippen molar-refractivity contribution in [3.8, 4) is 29.1 Å². The van der Waals surface area contributed by atoms with Crippen LogP contribution in [0, 0.1) is 17.1 Å². The molecule has 2 atom stereocenters. The van der Waals surface area contributed by atoms with Crippen LogP contribution in [0.5, 0.6) is 23.0 Å². The highest BCUT2D eigenvalue weighted by molar-refractivity contribution is 6.30. The Balaban J connectivity index is 1.36. The molecular formula is C32H24ClFN2O5. The zero-order chi connectivity index (χ0) is 28.9. The molecule has 1 aliphatic rings. The van der Waals surface area contributed by atoms with Gasteiger partial charge in [-0.2, -0.15) is 5.26 Å². The third-order valence-electron chi connectivity index (χ3n) is 6.39. The third-order valence-corrected chi connectivity index (χ3v) is 6.64. The largest absolute Gasteiger partial charge is 0.489 e. The van der Waals surface area contributed by atoms with E-state index in [1.807, 2.05) is 36.4 Å². The van der Waals surface area contributed by atoms with E-state index in [2.05, 4.69) is 6.07 Å². The average Bonchev–Trinajstić information content (AvgIpc) is 2.97. The molecule has 1 aliphatic heterocycles. The molecule has 0 radical (unpaired) electrons. The van der Waals surface area contributed by atoms with Crippen molar-refractivity contribution in [3.05, 3.63) is 130 Å². The van der Waals surface area contributed by atoms with E-state index < -0.39 is 23.8 Å². The fourth-order valence-electron chi connectivity index (χ4n) is 4.35. The molecule has 4 aromatic carbocycles. The first kappa shape index (κ1) is 27.6. The maximum absolute atomic E-state index is 13.9. The van der Waals surface area contributed by atoms with Crippen LogP contribution < -0.4 is 24.7 Å². The molecule has 0 amide bonds. The molecule has 0 saturated heterocycles. The Hall–Kier alpha value is -5.00. The molecule has 7 nitrogen and oxygen atoms in total. The highest BCUT2D eigenvalue weighted by Gasteiger charge is 2.31. The minimum Gasteiger partial charge on any atom is -0.489 e. The SMILES string of the molecule is CC(Oc1ccccc1F)C(=O)Oc1ccc2c(c1)OC(N)=C(C#N)C2c1cccc(OCc2ccc(Cl)cc2)c1. The molecule has 9 heteroatoms. The van der Waals surface area contributed by atoms with Gasteiger partial charge in [0.25, 0.3) is 0 Å². The smallest absolute Gasteiger partial charge is 0.352 e. The molecule has 0 aliphatic carbocycles. The number of allylic oxidation sites excluding steroid dienone is 1. The van der Waals surface area contributed by atoms with Crippen LogP contribution in [0.25, 0.3) is 0 Å². The number of carbonyl (C=O) groups excluding carboxylic acids is 1. The summed E-state index contributed by atoms with van der Waals surface area (Å²) < 4.78 is 36.5. The fourth-order valence-corrected chi connectivity index (χ4v) is 4.48. The lowest BCUT2D eigenvalue weighted by atomic mass is 9.83. The summed E-state index contributed by atoms with van der Waals surface area (Å²) in [6, 6.07) is 27.5. The summed E-state index contributed by atoms with van der Waals surface area (Å²) in [4.78, 5) is 12.7. The second-order valence-electron chi connectivity index (χ2n) is 9.22. The van der Waals surface area contributed by atoms with Gasteiger partial charge in [0.15, 0.2) is 17.7 Å². The van der Waals surface area contributed by atoms with Crippen molar-refractivity contribution in [1.29, 1.82) is 5.26 Å². The Labute approximate surface area is 241 Å². The van der Waals surface area contributed by atoms with E-state index in [1.54, 1.807) is 30.3 Å². The van der Waals surface area contributed by atoms with Gasteiger partial charge in [-0.25, -0.2) is 9.18 Å². The number of hydrogen-bond acceptors (Lipinski definition) is 7. The number of esters is 1. The van der Waals surface area contributed by atoms with Crippen molar-refractivity contribution in [2.45, 2.75) is 25.6 Å². The van der Waals surface area contributed by atoms with Crippen LogP contribution in [-0.2, 0) is 11.4 Å². The summed E-state index contributed by atoms with van der Waals surface area (Å²) in [6.07, 6.45) is -1.08. The van der Waals surface area contributed by atoms with Crippen molar-refractivity contribution >= 4 is 17.6 Å². The number of carbonyl (C=O) groups is 1.